The highest BCUT2D eigenvalue weighted by molar-refractivity contribution is 5.80. The largest absolute Gasteiger partial charge is 0.454 e. The Morgan fingerprint density at radius 2 is 0.945 bits per heavy atom. The van der Waals surface area contributed by atoms with Crippen LogP contribution in [-0.4, -0.2) is 99.6 Å². The molecule has 11 heteroatoms. The topological polar surface area (TPSA) is 175 Å². The van der Waals surface area contributed by atoms with Crippen LogP contribution in [0, 0.1) is 0 Å². The molecular weight excluding hydrogens is 919 g/mol. The summed E-state index contributed by atoms with van der Waals surface area (Å²) in [6.07, 6.45) is 50.1. The molecular formula is C62H113NO10. The molecule has 0 aliphatic carbocycles. The van der Waals surface area contributed by atoms with E-state index in [9.17, 15) is 35.1 Å². The zero-order valence-electron chi connectivity index (χ0n) is 47.0. The summed E-state index contributed by atoms with van der Waals surface area (Å²) < 4.78 is 17.6. The predicted molar refractivity (Wildman–Crippen MR) is 301 cm³/mol. The van der Waals surface area contributed by atoms with Gasteiger partial charge < -0.3 is 45.1 Å². The number of esters is 1. The van der Waals surface area contributed by atoms with Gasteiger partial charge in [0.25, 0.3) is 0 Å². The maximum atomic E-state index is 13.4. The molecule has 1 heterocycles. The first kappa shape index (κ1) is 68.6. The van der Waals surface area contributed by atoms with Gasteiger partial charge in [-0.05, 0) is 83.5 Å². The zero-order valence-corrected chi connectivity index (χ0v) is 47.0. The maximum absolute atomic E-state index is 13.4. The summed E-state index contributed by atoms with van der Waals surface area (Å²) in [5, 5.41) is 56.9. The zero-order chi connectivity index (χ0) is 53.3. The van der Waals surface area contributed by atoms with Gasteiger partial charge in [-0.3, -0.25) is 9.59 Å². The molecule has 8 unspecified atom stereocenters. The quantitative estimate of drug-likeness (QED) is 0.0195. The van der Waals surface area contributed by atoms with Crippen molar-refractivity contribution < 1.29 is 49.3 Å². The van der Waals surface area contributed by atoms with E-state index in [0.717, 1.165) is 70.6 Å². The van der Waals surface area contributed by atoms with Crippen LogP contribution < -0.4 is 5.32 Å². The molecule has 11 nitrogen and oxygen atoms in total. The minimum atomic E-state index is -1.62. The second-order valence-corrected chi connectivity index (χ2v) is 21.1. The highest BCUT2D eigenvalue weighted by atomic mass is 16.7. The molecule has 0 aromatic carbocycles. The number of allylic oxidation sites excluding steroid dienone is 7. The van der Waals surface area contributed by atoms with Crippen LogP contribution in [0.25, 0.3) is 0 Å². The molecule has 73 heavy (non-hydrogen) atoms. The Hall–Kier alpha value is -2.38. The summed E-state index contributed by atoms with van der Waals surface area (Å²) in [6.45, 7) is 5.75. The summed E-state index contributed by atoms with van der Waals surface area (Å²) >= 11 is 0. The fraction of sp³-hybridized carbons (Fsp3) is 0.839. The normalized spacial score (nSPS) is 19.7. The standard InChI is InChI=1S/C62H113NO10/c1-4-7-10-13-16-19-22-25-26-27-28-29-30-32-35-38-41-44-47-50-57(67)73-60-59(69)58(68)56(51-64)72-62(60)71-52-53(54(65)48-45-42-39-36-33-24-21-18-15-12-9-6-3)63-61(70)55(66)49-46-43-40-37-34-31-23-20-17-14-11-8-5-2/h16,19,25-26,34,37,45,48,53-56,58-60,62,64-66,68-69H,4-15,17-18,20-24,27-33,35-36,38-44,46-47,49-52H2,1-3H3,(H,63,70)/b19-16-,26-25-,37-34-,48-45+. The summed E-state index contributed by atoms with van der Waals surface area (Å²) in [5.41, 5.74) is 0. The van der Waals surface area contributed by atoms with E-state index in [4.69, 9.17) is 14.2 Å². The monoisotopic (exact) mass is 1030 g/mol. The van der Waals surface area contributed by atoms with Crippen molar-refractivity contribution in [1.29, 1.82) is 0 Å². The molecule has 1 aliphatic heterocycles. The van der Waals surface area contributed by atoms with Gasteiger partial charge in [0, 0.05) is 6.42 Å². The van der Waals surface area contributed by atoms with Crippen molar-refractivity contribution >= 4 is 11.9 Å². The molecule has 0 radical (unpaired) electrons. The van der Waals surface area contributed by atoms with Crippen molar-refractivity contribution in [3.05, 3.63) is 48.6 Å². The number of hydrogen-bond acceptors (Lipinski definition) is 10. The van der Waals surface area contributed by atoms with Crippen LogP contribution in [0.3, 0.4) is 0 Å². The highest BCUT2D eigenvalue weighted by Gasteiger charge is 2.47. The van der Waals surface area contributed by atoms with Gasteiger partial charge in [0.05, 0.1) is 25.4 Å². The Balaban J connectivity index is 2.69. The van der Waals surface area contributed by atoms with E-state index in [0.29, 0.717) is 12.8 Å². The van der Waals surface area contributed by atoms with E-state index in [1.807, 2.05) is 6.08 Å². The lowest BCUT2D eigenvalue weighted by molar-refractivity contribution is -0.305. The van der Waals surface area contributed by atoms with Crippen molar-refractivity contribution in [2.75, 3.05) is 13.2 Å². The molecule has 6 N–H and O–H groups in total. The van der Waals surface area contributed by atoms with Crippen LogP contribution >= 0.6 is 0 Å². The van der Waals surface area contributed by atoms with Crippen LogP contribution in [0.2, 0.25) is 0 Å². The molecule has 426 valence electrons. The third-order valence-corrected chi connectivity index (χ3v) is 14.2. The molecule has 1 rings (SSSR count). The summed E-state index contributed by atoms with van der Waals surface area (Å²) in [4.78, 5) is 26.5. The summed E-state index contributed by atoms with van der Waals surface area (Å²) in [6, 6.07) is -1.03. The van der Waals surface area contributed by atoms with E-state index in [2.05, 4.69) is 62.5 Å². The SMILES string of the molecule is CCCCC/C=C\C/C=C\CCCCCCCCCCCC(=O)OC1C(OCC(NC(=O)C(O)CCCC/C=C\CCCCCCCCC)C(O)/C=C/CCCCCCCCCCCC)OC(CO)C(O)C1O. The summed E-state index contributed by atoms with van der Waals surface area (Å²) in [5.74, 6) is -1.21. The molecule has 1 amide bonds. The van der Waals surface area contributed by atoms with E-state index in [-0.39, 0.29) is 19.4 Å². The second-order valence-electron chi connectivity index (χ2n) is 21.1. The van der Waals surface area contributed by atoms with Crippen LogP contribution in [0.4, 0.5) is 0 Å². The van der Waals surface area contributed by atoms with Crippen molar-refractivity contribution in [3.8, 4) is 0 Å². The summed E-state index contributed by atoms with van der Waals surface area (Å²) in [7, 11) is 0. The van der Waals surface area contributed by atoms with Gasteiger partial charge in [-0.25, -0.2) is 0 Å². The molecule has 0 bridgehead atoms. The molecule has 1 saturated heterocycles. The number of carbonyl (C=O) groups is 2. The predicted octanol–water partition coefficient (Wildman–Crippen LogP) is 14.1. The van der Waals surface area contributed by atoms with Gasteiger partial charge in [0.15, 0.2) is 12.4 Å². The second kappa shape index (κ2) is 50.4. The van der Waals surface area contributed by atoms with E-state index in [1.165, 1.54) is 154 Å². The number of hydrogen-bond donors (Lipinski definition) is 6. The average Bonchev–Trinajstić information content (AvgIpc) is 3.39. The van der Waals surface area contributed by atoms with Gasteiger partial charge in [-0.15, -0.1) is 0 Å². The van der Waals surface area contributed by atoms with Crippen LogP contribution in [0.5, 0.6) is 0 Å². The third kappa shape index (κ3) is 38.8. The number of aliphatic hydroxyl groups excluding tert-OH is 5. The minimum Gasteiger partial charge on any atom is -0.454 e. The number of carbonyl (C=O) groups excluding carboxylic acids is 2. The number of unbranched alkanes of at least 4 members (excludes halogenated alkanes) is 31. The Morgan fingerprint density at radius 3 is 1.44 bits per heavy atom. The van der Waals surface area contributed by atoms with Gasteiger partial charge in [0.2, 0.25) is 5.91 Å². The van der Waals surface area contributed by atoms with Gasteiger partial charge >= 0.3 is 5.97 Å². The first-order valence-electron chi connectivity index (χ1n) is 30.4. The Kier molecular flexibility index (Phi) is 47.4. The Bertz CT molecular complexity index is 1370. The first-order valence-corrected chi connectivity index (χ1v) is 30.4. The van der Waals surface area contributed by atoms with Gasteiger partial charge in [-0.1, -0.05) is 230 Å². The van der Waals surface area contributed by atoms with Gasteiger partial charge in [-0.2, -0.15) is 0 Å². The molecule has 0 saturated carbocycles. The van der Waals surface area contributed by atoms with Crippen molar-refractivity contribution in [2.24, 2.45) is 0 Å². The minimum absolute atomic E-state index is 0.117. The fourth-order valence-electron chi connectivity index (χ4n) is 9.32. The van der Waals surface area contributed by atoms with Crippen LogP contribution in [0.1, 0.15) is 271 Å². The lowest BCUT2D eigenvalue weighted by Gasteiger charge is -2.41. The average molecular weight is 1030 g/mol. The Labute approximate surface area is 446 Å². The fourth-order valence-corrected chi connectivity index (χ4v) is 9.32. The lowest BCUT2D eigenvalue weighted by atomic mass is 9.99. The highest BCUT2D eigenvalue weighted by Crippen LogP contribution is 2.26. The number of rotatable bonds is 51. The lowest BCUT2D eigenvalue weighted by Crippen LogP contribution is -2.61. The van der Waals surface area contributed by atoms with E-state index >= 15 is 0 Å². The number of ether oxygens (including phenoxy) is 3. The Morgan fingerprint density at radius 1 is 0.534 bits per heavy atom. The molecule has 1 fully saturated rings. The van der Waals surface area contributed by atoms with Gasteiger partial charge in [0.1, 0.15) is 24.4 Å². The third-order valence-electron chi connectivity index (χ3n) is 14.2. The van der Waals surface area contributed by atoms with E-state index in [1.54, 1.807) is 6.08 Å². The van der Waals surface area contributed by atoms with Crippen LogP contribution in [0.15, 0.2) is 48.6 Å². The molecule has 8 atom stereocenters. The number of nitrogens with one attached hydrogen (secondary N) is 1. The van der Waals surface area contributed by atoms with Crippen molar-refractivity contribution in [2.45, 2.75) is 320 Å². The van der Waals surface area contributed by atoms with Crippen molar-refractivity contribution in [1.82, 2.24) is 5.32 Å². The molecule has 0 aromatic rings. The molecule has 1 aliphatic rings. The van der Waals surface area contributed by atoms with Crippen LogP contribution in [-0.2, 0) is 23.8 Å². The maximum Gasteiger partial charge on any atom is 0.306 e. The molecule has 0 spiro atoms. The number of aliphatic hydroxyl groups is 5. The number of amides is 1. The van der Waals surface area contributed by atoms with E-state index < -0.39 is 67.4 Å². The molecule has 0 aromatic heterocycles. The van der Waals surface area contributed by atoms with Crippen molar-refractivity contribution in [3.63, 3.8) is 0 Å². The smallest absolute Gasteiger partial charge is 0.306 e. The first-order chi connectivity index (χ1) is 35.7.